The normalized spacial score (nSPS) is 13.0. The summed E-state index contributed by atoms with van der Waals surface area (Å²) in [5, 5.41) is 0. The summed E-state index contributed by atoms with van der Waals surface area (Å²) in [6.07, 6.45) is 0. The zero-order valence-electron chi connectivity index (χ0n) is 23.3. The molecule has 0 saturated heterocycles. The SMILES string of the molecule is CC1(C)c2ccccc2Oc2ccc(-c3ccc(N(c4ccccc4)c4ccc(-c5ccccc5)cc4)cc3)cc21. The van der Waals surface area contributed by atoms with Crippen LogP contribution in [0.4, 0.5) is 17.1 Å². The number of rotatable bonds is 5. The molecule has 1 aliphatic rings. The van der Waals surface area contributed by atoms with Crippen molar-refractivity contribution in [3.8, 4) is 33.8 Å². The highest BCUT2D eigenvalue weighted by atomic mass is 16.5. The van der Waals surface area contributed by atoms with Gasteiger partial charge < -0.3 is 9.64 Å². The monoisotopic (exact) mass is 529 g/mol. The lowest BCUT2D eigenvalue weighted by Crippen LogP contribution is -2.24. The second-order valence-corrected chi connectivity index (χ2v) is 11.1. The quantitative estimate of drug-likeness (QED) is 0.220. The molecule has 6 aromatic carbocycles. The molecule has 6 aromatic rings. The molecule has 2 nitrogen and oxygen atoms in total. The van der Waals surface area contributed by atoms with E-state index >= 15 is 0 Å². The first-order valence-corrected chi connectivity index (χ1v) is 14.1. The van der Waals surface area contributed by atoms with E-state index in [1.807, 2.05) is 6.07 Å². The summed E-state index contributed by atoms with van der Waals surface area (Å²) < 4.78 is 6.28. The number of anilines is 3. The summed E-state index contributed by atoms with van der Waals surface area (Å²) in [4.78, 5) is 2.30. The topological polar surface area (TPSA) is 12.5 Å². The van der Waals surface area contributed by atoms with Gasteiger partial charge in [0.25, 0.3) is 0 Å². The number of hydrogen-bond donors (Lipinski definition) is 0. The largest absolute Gasteiger partial charge is 0.457 e. The Kier molecular flexibility index (Phi) is 6.17. The highest BCUT2D eigenvalue weighted by Gasteiger charge is 2.34. The van der Waals surface area contributed by atoms with Crippen LogP contribution in [-0.4, -0.2) is 0 Å². The molecular formula is C39H31NO. The minimum atomic E-state index is -0.143. The molecule has 0 atom stereocenters. The summed E-state index contributed by atoms with van der Waals surface area (Å²) >= 11 is 0. The van der Waals surface area contributed by atoms with Gasteiger partial charge in [-0.1, -0.05) is 111 Å². The van der Waals surface area contributed by atoms with E-state index in [1.165, 1.54) is 33.4 Å². The third-order valence-electron chi connectivity index (χ3n) is 8.14. The van der Waals surface area contributed by atoms with Crippen LogP contribution < -0.4 is 9.64 Å². The van der Waals surface area contributed by atoms with Gasteiger partial charge in [0.1, 0.15) is 11.5 Å². The summed E-state index contributed by atoms with van der Waals surface area (Å²) in [7, 11) is 0. The van der Waals surface area contributed by atoms with E-state index in [0.29, 0.717) is 0 Å². The molecular weight excluding hydrogens is 498 g/mol. The van der Waals surface area contributed by atoms with Gasteiger partial charge in [0.2, 0.25) is 0 Å². The van der Waals surface area contributed by atoms with E-state index in [2.05, 4.69) is 164 Å². The summed E-state index contributed by atoms with van der Waals surface area (Å²) in [6.45, 7) is 4.56. The number of nitrogens with zero attached hydrogens (tertiary/aromatic N) is 1. The van der Waals surface area contributed by atoms with Crippen LogP contribution in [0.25, 0.3) is 22.3 Å². The molecule has 0 unspecified atom stereocenters. The Morgan fingerprint density at radius 1 is 0.415 bits per heavy atom. The van der Waals surface area contributed by atoms with Crippen molar-refractivity contribution in [2.45, 2.75) is 19.3 Å². The molecule has 198 valence electrons. The van der Waals surface area contributed by atoms with Gasteiger partial charge in [0.05, 0.1) is 0 Å². The molecule has 1 heterocycles. The van der Waals surface area contributed by atoms with Gasteiger partial charge in [0, 0.05) is 33.6 Å². The number of fused-ring (bicyclic) bond motifs is 2. The molecule has 7 rings (SSSR count). The minimum absolute atomic E-state index is 0.143. The highest BCUT2D eigenvalue weighted by molar-refractivity contribution is 5.80. The van der Waals surface area contributed by atoms with Gasteiger partial charge in [-0.3, -0.25) is 0 Å². The first-order chi connectivity index (χ1) is 20.1. The summed E-state index contributed by atoms with van der Waals surface area (Å²) in [5.41, 5.74) is 10.4. The van der Waals surface area contributed by atoms with Crippen molar-refractivity contribution in [2.24, 2.45) is 0 Å². The lowest BCUT2D eigenvalue weighted by molar-refractivity contribution is 0.418. The number of para-hydroxylation sites is 2. The molecule has 0 aromatic heterocycles. The third kappa shape index (κ3) is 4.58. The lowest BCUT2D eigenvalue weighted by atomic mass is 9.75. The summed E-state index contributed by atoms with van der Waals surface area (Å²) in [6, 6.07) is 53.6. The van der Waals surface area contributed by atoms with Gasteiger partial charge in [-0.25, -0.2) is 0 Å². The van der Waals surface area contributed by atoms with E-state index in [9.17, 15) is 0 Å². The zero-order chi connectivity index (χ0) is 27.8. The molecule has 2 heteroatoms. The van der Waals surface area contributed by atoms with E-state index in [4.69, 9.17) is 4.74 Å². The smallest absolute Gasteiger partial charge is 0.131 e. The van der Waals surface area contributed by atoms with Crippen molar-refractivity contribution < 1.29 is 4.74 Å². The highest BCUT2D eigenvalue weighted by Crippen LogP contribution is 2.48. The first-order valence-electron chi connectivity index (χ1n) is 14.1. The Balaban J connectivity index is 1.23. The predicted octanol–water partition coefficient (Wildman–Crippen LogP) is 10.9. The van der Waals surface area contributed by atoms with E-state index in [0.717, 1.165) is 28.6 Å². The zero-order valence-corrected chi connectivity index (χ0v) is 23.3. The number of hydrogen-bond acceptors (Lipinski definition) is 2. The van der Waals surface area contributed by atoms with Crippen LogP contribution in [0.1, 0.15) is 25.0 Å². The predicted molar refractivity (Wildman–Crippen MR) is 171 cm³/mol. The fourth-order valence-corrected chi connectivity index (χ4v) is 5.88. The first kappa shape index (κ1) is 24.9. The van der Waals surface area contributed by atoms with Gasteiger partial charge in [-0.05, 0) is 76.9 Å². The molecule has 0 N–H and O–H groups in total. The van der Waals surface area contributed by atoms with Crippen LogP contribution in [0.2, 0.25) is 0 Å². The van der Waals surface area contributed by atoms with Crippen LogP contribution in [-0.2, 0) is 5.41 Å². The van der Waals surface area contributed by atoms with Gasteiger partial charge in [-0.2, -0.15) is 0 Å². The average molecular weight is 530 g/mol. The Morgan fingerprint density at radius 2 is 0.878 bits per heavy atom. The van der Waals surface area contributed by atoms with Gasteiger partial charge >= 0.3 is 0 Å². The summed E-state index contributed by atoms with van der Waals surface area (Å²) in [5.74, 6) is 1.88. The molecule has 0 saturated carbocycles. The Labute approximate surface area is 242 Å². The Bertz CT molecular complexity index is 1800. The van der Waals surface area contributed by atoms with Crippen molar-refractivity contribution in [3.05, 3.63) is 163 Å². The van der Waals surface area contributed by atoms with Crippen molar-refractivity contribution in [1.82, 2.24) is 0 Å². The standard InChI is InChI=1S/C39H31NO/c1-39(2)35-15-9-10-16-37(35)41-38-26-21-31(27-36(38)39)30-19-24-34(25-20-30)40(32-13-7-4-8-14-32)33-22-17-29(18-23-33)28-11-5-3-6-12-28/h3-27H,1-2H3. The molecule has 0 spiro atoms. The van der Waals surface area contributed by atoms with Crippen molar-refractivity contribution in [2.75, 3.05) is 4.90 Å². The average Bonchev–Trinajstić information content (AvgIpc) is 3.03. The van der Waals surface area contributed by atoms with Crippen LogP contribution in [0.15, 0.2) is 152 Å². The van der Waals surface area contributed by atoms with Crippen molar-refractivity contribution in [1.29, 1.82) is 0 Å². The van der Waals surface area contributed by atoms with Crippen molar-refractivity contribution >= 4 is 17.1 Å². The minimum Gasteiger partial charge on any atom is -0.457 e. The lowest BCUT2D eigenvalue weighted by Gasteiger charge is -2.34. The van der Waals surface area contributed by atoms with Crippen LogP contribution in [0.5, 0.6) is 11.5 Å². The van der Waals surface area contributed by atoms with E-state index in [1.54, 1.807) is 0 Å². The van der Waals surface area contributed by atoms with Gasteiger partial charge in [-0.15, -0.1) is 0 Å². The van der Waals surface area contributed by atoms with Crippen LogP contribution in [0.3, 0.4) is 0 Å². The Hall–Kier alpha value is -5.08. The van der Waals surface area contributed by atoms with E-state index in [-0.39, 0.29) is 5.41 Å². The fourth-order valence-electron chi connectivity index (χ4n) is 5.88. The molecule has 0 aliphatic carbocycles. The Morgan fingerprint density at radius 3 is 1.54 bits per heavy atom. The molecule has 0 amide bonds. The van der Waals surface area contributed by atoms with Crippen LogP contribution >= 0.6 is 0 Å². The molecule has 0 radical (unpaired) electrons. The van der Waals surface area contributed by atoms with Crippen molar-refractivity contribution in [3.63, 3.8) is 0 Å². The molecule has 41 heavy (non-hydrogen) atoms. The number of benzene rings is 6. The molecule has 0 bridgehead atoms. The fraction of sp³-hybridized carbons (Fsp3) is 0.0769. The van der Waals surface area contributed by atoms with Crippen LogP contribution in [0, 0.1) is 0 Å². The maximum absolute atomic E-state index is 6.28. The molecule has 1 aliphatic heterocycles. The second kappa shape index (κ2) is 10.1. The maximum atomic E-state index is 6.28. The van der Waals surface area contributed by atoms with Gasteiger partial charge in [0.15, 0.2) is 0 Å². The molecule has 0 fully saturated rings. The second-order valence-electron chi connectivity index (χ2n) is 11.1. The maximum Gasteiger partial charge on any atom is 0.131 e. The number of ether oxygens (including phenoxy) is 1. The third-order valence-corrected chi connectivity index (χ3v) is 8.14. The van der Waals surface area contributed by atoms with E-state index < -0.39 is 0 Å².